The second-order valence-electron chi connectivity index (χ2n) is 7.99. The fourth-order valence-corrected chi connectivity index (χ4v) is 4.07. The van der Waals surface area contributed by atoms with Crippen molar-refractivity contribution in [3.05, 3.63) is 69.1 Å². The second kappa shape index (κ2) is 6.60. The molecule has 3 aromatic rings. The summed E-state index contributed by atoms with van der Waals surface area (Å²) in [6, 6.07) is 9.70. The van der Waals surface area contributed by atoms with Gasteiger partial charge in [-0.1, -0.05) is 18.2 Å². The average molecular weight is 420 g/mol. The number of carbonyl (C=O) groups is 2. The van der Waals surface area contributed by atoms with E-state index in [1.54, 1.807) is 25.1 Å². The molecule has 0 spiro atoms. The standard InChI is InChI=1S/C23H20N2O6/c1-12-4-6-16-14(8-19(26)31-20(16)13(12)2)10-25-21(27)23(3,24-22(25)28)15-5-7-17-18(9-15)30-11-29-17/h4-9H,10-11H2,1-3H3,(H,24,28). The van der Waals surface area contributed by atoms with Crippen LogP contribution in [0.25, 0.3) is 11.0 Å². The molecule has 5 rings (SSSR count). The van der Waals surface area contributed by atoms with Gasteiger partial charge in [0.25, 0.3) is 5.91 Å². The molecule has 3 heterocycles. The Labute approximate surface area is 177 Å². The molecule has 3 amide bonds. The molecular weight excluding hydrogens is 400 g/mol. The van der Waals surface area contributed by atoms with E-state index in [0.29, 0.717) is 33.6 Å². The minimum absolute atomic E-state index is 0.0462. The zero-order valence-corrected chi connectivity index (χ0v) is 17.3. The van der Waals surface area contributed by atoms with Crippen molar-refractivity contribution in [1.29, 1.82) is 0 Å². The van der Waals surface area contributed by atoms with Crippen molar-refractivity contribution >= 4 is 22.9 Å². The Morgan fingerprint density at radius 3 is 2.61 bits per heavy atom. The quantitative estimate of drug-likeness (QED) is 0.517. The van der Waals surface area contributed by atoms with Gasteiger partial charge in [-0.15, -0.1) is 0 Å². The largest absolute Gasteiger partial charge is 0.454 e. The van der Waals surface area contributed by atoms with E-state index >= 15 is 0 Å². The van der Waals surface area contributed by atoms with Gasteiger partial charge in [0, 0.05) is 11.5 Å². The molecule has 1 saturated heterocycles. The number of urea groups is 1. The number of imide groups is 1. The van der Waals surface area contributed by atoms with Gasteiger partial charge in [0.15, 0.2) is 11.5 Å². The summed E-state index contributed by atoms with van der Waals surface area (Å²) >= 11 is 0. The van der Waals surface area contributed by atoms with Gasteiger partial charge < -0.3 is 19.2 Å². The molecule has 1 fully saturated rings. The van der Waals surface area contributed by atoms with Gasteiger partial charge in [-0.25, -0.2) is 9.59 Å². The van der Waals surface area contributed by atoms with Crippen molar-refractivity contribution in [2.24, 2.45) is 0 Å². The molecule has 0 aliphatic carbocycles. The van der Waals surface area contributed by atoms with Crippen LogP contribution in [0.5, 0.6) is 11.5 Å². The van der Waals surface area contributed by atoms with Crippen LogP contribution < -0.4 is 20.4 Å². The van der Waals surface area contributed by atoms with Crippen LogP contribution in [-0.2, 0) is 16.9 Å². The molecule has 2 aromatic carbocycles. The highest BCUT2D eigenvalue weighted by molar-refractivity contribution is 6.07. The number of carbonyl (C=O) groups excluding carboxylic acids is 2. The molecule has 8 nitrogen and oxygen atoms in total. The normalized spacial score (nSPS) is 19.9. The fraction of sp³-hybridized carbons (Fsp3) is 0.261. The minimum atomic E-state index is -1.26. The Morgan fingerprint density at radius 1 is 1.03 bits per heavy atom. The third-order valence-electron chi connectivity index (χ3n) is 6.07. The van der Waals surface area contributed by atoms with E-state index in [9.17, 15) is 14.4 Å². The van der Waals surface area contributed by atoms with Crippen LogP contribution >= 0.6 is 0 Å². The molecule has 1 atom stereocenters. The van der Waals surface area contributed by atoms with Crippen molar-refractivity contribution in [1.82, 2.24) is 10.2 Å². The Bertz CT molecular complexity index is 1330. The predicted octanol–water partition coefficient (Wildman–Crippen LogP) is 3.11. The van der Waals surface area contributed by atoms with Crippen molar-refractivity contribution in [3.63, 3.8) is 0 Å². The van der Waals surface area contributed by atoms with Crippen LogP contribution in [0.15, 0.2) is 45.6 Å². The first-order valence-electron chi connectivity index (χ1n) is 9.85. The predicted molar refractivity (Wildman–Crippen MR) is 111 cm³/mol. The highest BCUT2D eigenvalue weighted by atomic mass is 16.7. The third kappa shape index (κ3) is 2.86. The van der Waals surface area contributed by atoms with E-state index < -0.39 is 23.1 Å². The van der Waals surface area contributed by atoms with E-state index in [4.69, 9.17) is 13.9 Å². The van der Waals surface area contributed by atoms with Crippen LogP contribution in [0.2, 0.25) is 0 Å². The van der Waals surface area contributed by atoms with Crippen LogP contribution in [0.3, 0.4) is 0 Å². The highest BCUT2D eigenvalue weighted by Crippen LogP contribution is 2.38. The second-order valence-corrected chi connectivity index (χ2v) is 7.99. The van der Waals surface area contributed by atoms with E-state index in [1.807, 2.05) is 26.0 Å². The van der Waals surface area contributed by atoms with E-state index in [2.05, 4.69) is 5.32 Å². The number of hydrogen-bond acceptors (Lipinski definition) is 6. The maximum Gasteiger partial charge on any atom is 0.336 e. The van der Waals surface area contributed by atoms with Crippen molar-refractivity contribution in [3.8, 4) is 11.5 Å². The lowest BCUT2D eigenvalue weighted by atomic mass is 9.91. The third-order valence-corrected chi connectivity index (χ3v) is 6.07. The lowest BCUT2D eigenvalue weighted by Crippen LogP contribution is -2.40. The SMILES string of the molecule is Cc1ccc2c(CN3C(=O)NC(C)(c4ccc5c(c4)OCO5)C3=O)cc(=O)oc2c1C. The summed E-state index contributed by atoms with van der Waals surface area (Å²) in [4.78, 5) is 39.4. The zero-order chi connectivity index (χ0) is 21.9. The van der Waals surface area contributed by atoms with E-state index in [0.717, 1.165) is 16.0 Å². The molecule has 8 heteroatoms. The zero-order valence-electron chi connectivity index (χ0n) is 17.3. The van der Waals surface area contributed by atoms with E-state index in [-0.39, 0.29) is 13.3 Å². The monoisotopic (exact) mass is 420 g/mol. The number of nitrogens with one attached hydrogen (secondary N) is 1. The first-order valence-corrected chi connectivity index (χ1v) is 9.85. The lowest BCUT2D eigenvalue weighted by Gasteiger charge is -2.22. The molecule has 1 unspecified atom stereocenters. The van der Waals surface area contributed by atoms with Crippen LogP contribution in [0.4, 0.5) is 4.79 Å². The molecular formula is C23H20N2O6. The summed E-state index contributed by atoms with van der Waals surface area (Å²) in [6.07, 6.45) is 0. The number of rotatable bonds is 3. The van der Waals surface area contributed by atoms with Gasteiger partial charge in [-0.2, -0.15) is 0 Å². The van der Waals surface area contributed by atoms with Crippen LogP contribution in [-0.4, -0.2) is 23.6 Å². The molecule has 31 heavy (non-hydrogen) atoms. The smallest absolute Gasteiger partial charge is 0.336 e. The topological polar surface area (TPSA) is 98.1 Å². The number of benzene rings is 2. The average Bonchev–Trinajstić information content (AvgIpc) is 3.29. The van der Waals surface area contributed by atoms with Gasteiger partial charge >= 0.3 is 11.7 Å². The molecule has 0 saturated carbocycles. The fourth-order valence-electron chi connectivity index (χ4n) is 4.07. The molecule has 1 N–H and O–H groups in total. The van der Waals surface area contributed by atoms with E-state index in [1.165, 1.54) is 6.07 Å². The summed E-state index contributed by atoms with van der Waals surface area (Å²) in [7, 11) is 0. The number of aryl methyl sites for hydroxylation is 2. The van der Waals surface area contributed by atoms with Gasteiger partial charge in [0.2, 0.25) is 6.79 Å². The number of fused-ring (bicyclic) bond motifs is 2. The van der Waals surface area contributed by atoms with Gasteiger partial charge in [0.05, 0.1) is 6.54 Å². The molecule has 0 radical (unpaired) electrons. The van der Waals surface area contributed by atoms with Crippen molar-refractivity contribution in [2.75, 3.05) is 6.79 Å². The van der Waals surface area contributed by atoms with Crippen LogP contribution in [0.1, 0.15) is 29.2 Å². The van der Waals surface area contributed by atoms with Gasteiger partial charge in [0.1, 0.15) is 11.1 Å². The van der Waals surface area contributed by atoms with Gasteiger partial charge in [-0.3, -0.25) is 9.69 Å². The molecule has 2 aliphatic heterocycles. The summed E-state index contributed by atoms with van der Waals surface area (Å²) in [5, 5.41) is 3.47. The number of nitrogens with zero attached hydrogens (tertiary/aromatic N) is 1. The summed E-state index contributed by atoms with van der Waals surface area (Å²) in [5.41, 5.74) is 1.64. The van der Waals surface area contributed by atoms with Crippen molar-refractivity contribution in [2.45, 2.75) is 32.9 Å². The molecule has 0 bridgehead atoms. The molecule has 158 valence electrons. The van der Waals surface area contributed by atoms with Gasteiger partial charge in [-0.05, 0) is 55.2 Å². The van der Waals surface area contributed by atoms with Crippen LogP contribution in [0, 0.1) is 13.8 Å². The number of ether oxygens (including phenoxy) is 2. The van der Waals surface area contributed by atoms with Crippen molar-refractivity contribution < 1.29 is 23.5 Å². The summed E-state index contributed by atoms with van der Waals surface area (Å²) in [5.74, 6) is 0.701. The maximum absolute atomic E-state index is 13.4. The first-order chi connectivity index (χ1) is 14.8. The molecule has 2 aliphatic rings. The Balaban J connectivity index is 1.53. The Morgan fingerprint density at radius 2 is 1.81 bits per heavy atom. The highest BCUT2D eigenvalue weighted by Gasteiger charge is 2.49. The lowest BCUT2D eigenvalue weighted by molar-refractivity contribution is -0.131. The summed E-state index contributed by atoms with van der Waals surface area (Å²) in [6.45, 7) is 5.51. The minimum Gasteiger partial charge on any atom is -0.454 e. The summed E-state index contributed by atoms with van der Waals surface area (Å²) < 4.78 is 16.1. The number of hydrogen-bond donors (Lipinski definition) is 1. The number of amides is 3. The molecule has 1 aromatic heterocycles. The Kier molecular flexibility index (Phi) is 4.08. The maximum atomic E-state index is 13.4. The Hall–Kier alpha value is -3.81. The first kappa shape index (κ1) is 19.2.